The molecule has 4 rings (SSSR count). The summed E-state index contributed by atoms with van der Waals surface area (Å²) in [6.45, 7) is 3.00. The molecule has 1 saturated carbocycles. The highest BCUT2D eigenvalue weighted by Crippen LogP contribution is 2.40. The van der Waals surface area contributed by atoms with Crippen molar-refractivity contribution < 1.29 is 18.3 Å². The van der Waals surface area contributed by atoms with Crippen LogP contribution in [0.4, 0.5) is 23.1 Å². The van der Waals surface area contributed by atoms with Crippen molar-refractivity contribution in [3.8, 4) is 5.75 Å². The summed E-state index contributed by atoms with van der Waals surface area (Å²) in [6, 6.07) is 3.88. The Hall–Kier alpha value is -2.47. The number of hydrogen-bond donors (Lipinski definition) is 4. The maximum Gasteiger partial charge on any atom is 0.231 e. The molecule has 1 fully saturated rings. The Balaban J connectivity index is 1.57. The summed E-state index contributed by atoms with van der Waals surface area (Å²) in [7, 11) is 1.62. The van der Waals surface area contributed by atoms with Crippen molar-refractivity contribution in [3.05, 3.63) is 28.9 Å². The van der Waals surface area contributed by atoms with E-state index in [1.165, 1.54) is 0 Å². The minimum Gasteiger partial charge on any atom is -0.494 e. The molecule has 1 aliphatic carbocycles. The number of hydrogen-bond acceptors (Lipinski definition) is 7. The number of methoxy groups -OCH3 is 1. The van der Waals surface area contributed by atoms with Gasteiger partial charge in [-0.1, -0.05) is 24.4 Å². The van der Waals surface area contributed by atoms with E-state index in [1.807, 2.05) is 19.1 Å². The summed E-state index contributed by atoms with van der Waals surface area (Å²) in [5.41, 5.74) is 2.57. The summed E-state index contributed by atoms with van der Waals surface area (Å²) < 4.78 is 28.6. The number of nitrogens with zero attached hydrogens (tertiary/aromatic N) is 3. The van der Waals surface area contributed by atoms with Crippen LogP contribution in [-0.2, 0) is 22.5 Å². The van der Waals surface area contributed by atoms with E-state index in [-0.39, 0.29) is 17.9 Å². The van der Waals surface area contributed by atoms with Crippen LogP contribution >= 0.6 is 11.6 Å². The van der Waals surface area contributed by atoms with E-state index < -0.39 is 11.3 Å². The number of aromatic nitrogens is 2. The molecule has 1 aromatic carbocycles. The molecule has 2 aromatic rings. The Labute approximate surface area is 219 Å². The molecule has 0 bridgehead atoms. The third kappa shape index (κ3) is 6.08. The standard InChI is InChI=1S/C24H33ClN6O4S/c1-3-31-20-12-11-19(22(35-2)16(20)8-6-10-21(31)32)29-24-26-14-17(25)23(30-24)28-18-9-5-4-7-15(18)13-27-36(33)34/h11-12,14-15,18,27H,3-10,13H2,1-2H3,(H,33,34)(H2,26,28,29,30)/t15-,18-/m1/s1. The van der Waals surface area contributed by atoms with Crippen molar-refractivity contribution in [2.45, 2.75) is 57.9 Å². The number of ether oxygens (including phenoxy) is 1. The summed E-state index contributed by atoms with van der Waals surface area (Å²) in [4.78, 5) is 23.3. The lowest BCUT2D eigenvalue weighted by Crippen LogP contribution is -2.39. The first-order chi connectivity index (χ1) is 17.4. The normalized spacial score (nSPS) is 20.9. The van der Waals surface area contributed by atoms with Gasteiger partial charge in [-0.15, -0.1) is 0 Å². The zero-order valence-electron chi connectivity index (χ0n) is 20.6. The van der Waals surface area contributed by atoms with Crippen LogP contribution in [-0.4, -0.2) is 50.9 Å². The fraction of sp³-hybridized carbons (Fsp3) is 0.542. The second-order valence-corrected chi connectivity index (χ2v) is 10.2. The SMILES string of the molecule is CCN1C(=O)CCCc2c1ccc(Nc1ncc(Cl)c(N[C@@H]3CCCC[C@@H]3CNS(=O)O)n1)c2OC. The fourth-order valence-electron chi connectivity index (χ4n) is 5.12. The highest BCUT2D eigenvalue weighted by atomic mass is 35.5. The highest BCUT2D eigenvalue weighted by molar-refractivity contribution is 7.77. The molecular formula is C24H33ClN6O4S. The molecule has 12 heteroatoms. The fourth-order valence-corrected chi connectivity index (χ4v) is 5.62. The number of halogens is 1. The third-order valence-electron chi connectivity index (χ3n) is 6.86. The van der Waals surface area contributed by atoms with Crippen molar-refractivity contribution in [2.75, 3.05) is 35.7 Å². The second kappa shape index (κ2) is 12.2. The average molecular weight is 537 g/mol. The number of nitrogens with one attached hydrogen (secondary N) is 3. The first-order valence-corrected chi connectivity index (χ1v) is 13.8. The van der Waals surface area contributed by atoms with E-state index >= 15 is 0 Å². The average Bonchev–Trinajstić information content (AvgIpc) is 3.03. The molecule has 1 unspecified atom stereocenters. The molecular weight excluding hydrogens is 504 g/mol. The number of fused-ring (bicyclic) bond motifs is 1. The van der Waals surface area contributed by atoms with Gasteiger partial charge in [-0.05, 0) is 50.7 Å². The smallest absolute Gasteiger partial charge is 0.231 e. The van der Waals surface area contributed by atoms with Crippen LogP contribution < -0.4 is 25.0 Å². The highest BCUT2D eigenvalue weighted by Gasteiger charge is 2.27. The molecule has 0 radical (unpaired) electrons. The van der Waals surface area contributed by atoms with Gasteiger partial charge in [-0.2, -0.15) is 4.98 Å². The lowest BCUT2D eigenvalue weighted by molar-refractivity contribution is -0.118. The van der Waals surface area contributed by atoms with Crippen molar-refractivity contribution in [2.24, 2.45) is 5.92 Å². The van der Waals surface area contributed by atoms with Crippen LogP contribution in [0.5, 0.6) is 5.75 Å². The van der Waals surface area contributed by atoms with Crippen molar-refractivity contribution >= 4 is 51.9 Å². The molecule has 0 spiro atoms. The topological polar surface area (TPSA) is 129 Å². The molecule has 3 atom stereocenters. The van der Waals surface area contributed by atoms with Crippen molar-refractivity contribution in [1.82, 2.24) is 14.7 Å². The van der Waals surface area contributed by atoms with Crippen LogP contribution in [0.1, 0.15) is 51.0 Å². The van der Waals surface area contributed by atoms with Gasteiger partial charge in [0.1, 0.15) is 10.8 Å². The van der Waals surface area contributed by atoms with Gasteiger partial charge in [0, 0.05) is 31.1 Å². The second-order valence-electron chi connectivity index (χ2n) is 9.04. The van der Waals surface area contributed by atoms with Crippen molar-refractivity contribution in [3.63, 3.8) is 0 Å². The van der Waals surface area contributed by atoms with Crippen LogP contribution in [0, 0.1) is 5.92 Å². The van der Waals surface area contributed by atoms with Gasteiger partial charge in [0.2, 0.25) is 23.1 Å². The quantitative estimate of drug-likeness (QED) is 0.350. The summed E-state index contributed by atoms with van der Waals surface area (Å²) in [6.07, 6.45) is 7.55. The molecule has 196 valence electrons. The van der Waals surface area contributed by atoms with E-state index in [0.29, 0.717) is 47.7 Å². The number of benzene rings is 1. The Morgan fingerprint density at radius 1 is 1.25 bits per heavy atom. The lowest BCUT2D eigenvalue weighted by Gasteiger charge is -2.32. The molecule has 2 aliphatic rings. The van der Waals surface area contributed by atoms with Gasteiger partial charge in [0.25, 0.3) is 0 Å². The van der Waals surface area contributed by atoms with Crippen LogP contribution in [0.3, 0.4) is 0 Å². The first-order valence-electron chi connectivity index (χ1n) is 12.3. The molecule has 1 aliphatic heterocycles. The number of rotatable bonds is 9. The van der Waals surface area contributed by atoms with Gasteiger partial charge in [0.05, 0.1) is 24.7 Å². The molecule has 0 saturated heterocycles. The zero-order valence-corrected chi connectivity index (χ0v) is 22.1. The van der Waals surface area contributed by atoms with Gasteiger partial charge in [-0.25, -0.2) is 13.9 Å². The predicted molar refractivity (Wildman–Crippen MR) is 142 cm³/mol. The monoisotopic (exact) mass is 536 g/mol. The minimum atomic E-state index is -2.04. The van der Waals surface area contributed by atoms with E-state index in [1.54, 1.807) is 18.2 Å². The minimum absolute atomic E-state index is 0.0645. The van der Waals surface area contributed by atoms with E-state index in [0.717, 1.165) is 49.8 Å². The molecule has 10 nitrogen and oxygen atoms in total. The lowest BCUT2D eigenvalue weighted by atomic mass is 9.84. The number of carbonyl (C=O) groups excluding carboxylic acids is 1. The Morgan fingerprint density at radius 2 is 2.06 bits per heavy atom. The zero-order chi connectivity index (χ0) is 25.7. The Kier molecular flexibility index (Phi) is 9.00. The molecule has 1 aromatic heterocycles. The largest absolute Gasteiger partial charge is 0.494 e. The summed E-state index contributed by atoms with van der Waals surface area (Å²) in [5.74, 6) is 1.83. The summed E-state index contributed by atoms with van der Waals surface area (Å²) >= 11 is 4.39. The van der Waals surface area contributed by atoms with E-state index in [4.69, 9.17) is 20.9 Å². The van der Waals surface area contributed by atoms with Crippen LogP contribution in [0.2, 0.25) is 5.02 Å². The maximum absolute atomic E-state index is 12.5. The van der Waals surface area contributed by atoms with Crippen LogP contribution in [0.25, 0.3) is 0 Å². The van der Waals surface area contributed by atoms with Gasteiger partial charge < -0.3 is 20.3 Å². The van der Waals surface area contributed by atoms with Gasteiger partial charge >= 0.3 is 0 Å². The molecule has 1 amide bonds. The maximum atomic E-state index is 12.5. The predicted octanol–water partition coefficient (Wildman–Crippen LogP) is 4.27. The van der Waals surface area contributed by atoms with Gasteiger partial charge in [0.15, 0.2) is 5.82 Å². The van der Waals surface area contributed by atoms with E-state index in [9.17, 15) is 9.00 Å². The number of amides is 1. The first kappa shape index (κ1) is 26.6. The number of carbonyl (C=O) groups is 1. The summed E-state index contributed by atoms with van der Waals surface area (Å²) in [5, 5.41) is 7.09. The molecule has 36 heavy (non-hydrogen) atoms. The van der Waals surface area contributed by atoms with Gasteiger partial charge in [-0.3, -0.25) is 9.35 Å². The molecule has 4 N–H and O–H groups in total. The third-order valence-corrected chi connectivity index (χ3v) is 7.55. The Bertz CT molecular complexity index is 1120. The van der Waals surface area contributed by atoms with E-state index in [2.05, 4.69) is 25.3 Å². The molecule has 2 heterocycles. The number of anilines is 4. The van der Waals surface area contributed by atoms with Crippen molar-refractivity contribution in [1.29, 1.82) is 0 Å². The van der Waals surface area contributed by atoms with Crippen LogP contribution in [0.15, 0.2) is 18.3 Å². The Morgan fingerprint density at radius 3 is 2.81 bits per heavy atom.